The summed E-state index contributed by atoms with van der Waals surface area (Å²) in [7, 11) is 0. The second kappa shape index (κ2) is 6.69. The average Bonchev–Trinajstić information content (AvgIpc) is 3.00. The Hall–Kier alpha value is -3.66. The molecule has 0 saturated carbocycles. The minimum absolute atomic E-state index is 0.0633. The third-order valence-corrected chi connectivity index (χ3v) is 4.37. The highest BCUT2D eigenvalue weighted by molar-refractivity contribution is 5.89. The molecule has 4 rings (SSSR count). The molecule has 1 aliphatic carbocycles. The molecular weight excluding hydrogens is 324 g/mol. The summed E-state index contributed by atoms with van der Waals surface area (Å²) in [5.41, 5.74) is 6.08. The lowest BCUT2D eigenvalue weighted by Gasteiger charge is -2.03. The van der Waals surface area contributed by atoms with Crippen LogP contribution in [0.1, 0.15) is 11.1 Å². The van der Waals surface area contributed by atoms with Crippen molar-refractivity contribution in [1.29, 1.82) is 0 Å². The number of hydrogen-bond donors (Lipinski definition) is 1. The number of allylic oxidation sites excluding steroid dienone is 3. The van der Waals surface area contributed by atoms with Gasteiger partial charge in [0.2, 0.25) is 0 Å². The summed E-state index contributed by atoms with van der Waals surface area (Å²) in [6.07, 6.45) is 8.54. The number of H-pyrrole nitrogens is 1. The average molecular weight is 340 g/mol. The summed E-state index contributed by atoms with van der Waals surface area (Å²) in [5.74, 6) is 0. The maximum absolute atomic E-state index is 11.2. The zero-order chi connectivity index (χ0) is 17.9. The maximum atomic E-state index is 11.2. The fourth-order valence-corrected chi connectivity index (χ4v) is 3.13. The number of hydrogen-bond acceptors (Lipinski definition) is 2. The Labute approximate surface area is 151 Å². The van der Waals surface area contributed by atoms with Crippen LogP contribution in [-0.2, 0) is 0 Å². The van der Waals surface area contributed by atoms with E-state index in [1.807, 2.05) is 60.7 Å². The zero-order valence-corrected chi connectivity index (χ0v) is 13.9. The van der Waals surface area contributed by atoms with Crippen LogP contribution in [0.2, 0.25) is 0 Å². The first-order valence-electron chi connectivity index (χ1n) is 8.31. The molecule has 26 heavy (non-hydrogen) atoms. The topological polar surface area (TPSA) is 58.9 Å². The number of aromatic nitrogens is 1. The molecule has 0 amide bonds. The van der Waals surface area contributed by atoms with Crippen LogP contribution in [-0.4, -0.2) is 9.91 Å². The van der Waals surface area contributed by atoms with Crippen LogP contribution in [0.4, 0.5) is 0 Å². The van der Waals surface area contributed by atoms with Crippen molar-refractivity contribution >= 4 is 12.2 Å². The van der Waals surface area contributed by atoms with E-state index >= 15 is 0 Å². The SMILES string of the molecule is O=[N+]([O-])C1=CC=Cc2c(-c3ccccc3)[nH]c(-c3ccccc3)c2C=C1. The molecule has 0 atom stereocenters. The van der Waals surface area contributed by atoms with Crippen LogP contribution >= 0.6 is 0 Å². The lowest BCUT2D eigenvalue weighted by Crippen LogP contribution is -1.95. The number of nitrogens with one attached hydrogen (secondary N) is 1. The molecule has 0 spiro atoms. The molecule has 1 aliphatic rings. The number of aromatic amines is 1. The van der Waals surface area contributed by atoms with E-state index in [1.165, 1.54) is 6.08 Å². The van der Waals surface area contributed by atoms with Gasteiger partial charge in [-0.05, 0) is 17.2 Å². The Bertz CT molecular complexity index is 1040. The number of rotatable bonds is 3. The third kappa shape index (κ3) is 2.89. The van der Waals surface area contributed by atoms with Crippen molar-refractivity contribution in [3.05, 3.63) is 106 Å². The highest BCUT2D eigenvalue weighted by Crippen LogP contribution is 2.36. The lowest BCUT2D eigenvalue weighted by molar-refractivity contribution is -0.418. The molecule has 0 unspecified atom stereocenters. The molecule has 2 aromatic carbocycles. The number of nitrogens with zero attached hydrogens (tertiary/aromatic N) is 1. The van der Waals surface area contributed by atoms with Crippen molar-refractivity contribution in [2.45, 2.75) is 0 Å². The predicted octanol–water partition coefficient (Wildman–Crippen LogP) is 5.55. The second-order valence-corrected chi connectivity index (χ2v) is 5.98. The molecule has 0 fully saturated rings. The van der Waals surface area contributed by atoms with E-state index in [0.29, 0.717) is 0 Å². The normalized spacial score (nSPS) is 12.8. The summed E-state index contributed by atoms with van der Waals surface area (Å²) in [6.45, 7) is 0. The van der Waals surface area contributed by atoms with Crippen LogP contribution in [0.5, 0.6) is 0 Å². The Morgan fingerprint density at radius 2 is 1.27 bits per heavy atom. The van der Waals surface area contributed by atoms with Gasteiger partial charge in [-0.15, -0.1) is 0 Å². The standard InChI is InChI=1S/C22H16N2O2/c25-24(26)18-12-7-13-19-20(15-14-18)22(17-10-5-2-6-11-17)23-21(19)16-8-3-1-4-9-16/h1-15,23H. The Morgan fingerprint density at radius 3 is 1.81 bits per heavy atom. The van der Waals surface area contributed by atoms with Crippen molar-refractivity contribution in [3.63, 3.8) is 0 Å². The van der Waals surface area contributed by atoms with Crippen molar-refractivity contribution in [1.82, 2.24) is 4.98 Å². The van der Waals surface area contributed by atoms with Gasteiger partial charge in [-0.3, -0.25) is 10.1 Å². The Kier molecular flexibility index (Phi) is 4.07. The number of fused-ring (bicyclic) bond motifs is 1. The van der Waals surface area contributed by atoms with E-state index in [1.54, 1.807) is 12.2 Å². The van der Waals surface area contributed by atoms with E-state index in [9.17, 15) is 10.1 Å². The fraction of sp³-hybridized carbons (Fsp3) is 0. The largest absolute Gasteiger partial charge is 0.354 e. The first kappa shape index (κ1) is 15.8. The molecule has 1 N–H and O–H groups in total. The molecule has 1 heterocycles. The molecule has 4 nitrogen and oxygen atoms in total. The summed E-state index contributed by atoms with van der Waals surface area (Å²) in [6, 6.07) is 20.1. The van der Waals surface area contributed by atoms with Gasteiger partial charge in [0.1, 0.15) is 0 Å². The smallest absolute Gasteiger partial charge is 0.269 e. The summed E-state index contributed by atoms with van der Waals surface area (Å²) >= 11 is 0. The van der Waals surface area contributed by atoms with Gasteiger partial charge in [0.05, 0.1) is 16.3 Å². The van der Waals surface area contributed by atoms with Gasteiger partial charge in [0, 0.05) is 23.3 Å². The van der Waals surface area contributed by atoms with Crippen LogP contribution in [0.15, 0.2) is 84.6 Å². The van der Waals surface area contributed by atoms with Crippen molar-refractivity contribution in [2.24, 2.45) is 0 Å². The first-order valence-corrected chi connectivity index (χ1v) is 8.31. The van der Waals surface area contributed by atoms with Crippen LogP contribution < -0.4 is 0 Å². The van der Waals surface area contributed by atoms with Gasteiger partial charge in [-0.1, -0.05) is 72.8 Å². The molecule has 3 aromatic rings. The van der Waals surface area contributed by atoms with E-state index in [2.05, 4.69) is 17.1 Å². The molecule has 0 bridgehead atoms. The maximum Gasteiger partial charge on any atom is 0.269 e. The molecule has 1 aromatic heterocycles. The van der Waals surface area contributed by atoms with Crippen LogP contribution in [0, 0.1) is 10.1 Å². The van der Waals surface area contributed by atoms with E-state index < -0.39 is 0 Å². The van der Waals surface area contributed by atoms with Gasteiger partial charge >= 0.3 is 0 Å². The van der Waals surface area contributed by atoms with Gasteiger partial charge in [-0.25, -0.2) is 0 Å². The highest BCUT2D eigenvalue weighted by atomic mass is 16.6. The highest BCUT2D eigenvalue weighted by Gasteiger charge is 2.18. The number of benzene rings is 2. The van der Waals surface area contributed by atoms with Crippen molar-refractivity contribution in [2.75, 3.05) is 0 Å². The lowest BCUT2D eigenvalue weighted by atomic mass is 9.99. The molecular formula is C22H16N2O2. The summed E-state index contributed by atoms with van der Waals surface area (Å²) in [4.78, 5) is 14.3. The number of nitro groups is 1. The molecule has 4 heteroatoms. The molecule has 0 radical (unpaired) electrons. The molecule has 126 valence electrons. The van der Waals surface area contributed by atoms with Crippen molar-refractivity contribution < 1.29 is 4.92 Å². The van der Waals surface area contributed by atoms with Gasteiger partial charge in [-0.2, -0.15) is 0 Å². The summed E-state index contributed by atoms with van der Waals surface area (Å²) in [5, 5.41) is 11.2. The zero-order valence-electron chi connectivity index (χ0n) is 13.9. The van der Waals surface area contributed by atoms with E-state index in [4.69, 9.17) is 0 Å². The van der Waals surface area contributed by atoms with Gasteiger partial charge < -0.3 is 4.98 Å². The predicted molar refractivity (Wildman–Crippen MR) is 105 cm³/mol. The minimum atomic E-state index is -0.376. The summed E-state index contributed by atoms with van der Waals surface area (Å²) < 4.78 is 0. The Balaban J connectivity index is 1.96. The van der Waals surface area contributed by atoms with Crippen LogP contribution in [0.3, 0.4) is 0 Å². The van der Waals surface area contributed by atoms with Crippen molar-refractivity contribution in [3.8, 4) is 22.5 Å². The van der Waals surface area contributed by atoms with E-state index in [0.717, 1.165) is 33.6 Å². The molecule has 0 saturated heterocycles. The monoisotopic (exact) mass is 340 g/mol. The first-order chi connectivity index (χ1) is 12.7. The third-order valence-electron chi connectivity index (χ3n) is 4.37. The van der Waals surface area contributed by atoms with Gasteiger partial charge in [0.15, 0.2) is 0 Å². The fourth-order valence-electron chi connectivity index (χ4n) is 3.13. The Morgan fingerprint density at radius 1 is 0.731 bits per heavy atom. The molecule has 0 aliphatic heterocycles. The van der Waals surface area contributed by atoms with E-state index in [-0.39, 0.29) is 10.6 Å². The second-order valence-electron chi connectivity index (χ2n) is 5.98. The minimum Gasteiger partial charge on any atom is -0.354 e. The van der Waals surface area contributed by atoms with Crippen LogP contribution in [0.25, 0.3) is 34.7 Å². The quantitative estimate of drug-likeness (QED) is 0.502. The van der Waals surface area contributed by atoms with Gasteiger partial charge in [0.25, 0.3) is 5.70 Å².